The lowest BCUT2D eigenvalue weighted by Crippen LogP contribution is -2.50. The van der Waals surface area contributed by atoms with Gasteiger partial charge in [0.15, 0.2) is 0 Å². The van der Waals surface area contributed by atoms with Crippen molar-refractivity contribution in [3.63, 3.8) is 0 Å². The van der Waals surface area contributed by atoms with E-state index >= 15 is 0 Å². The van der Waals surface area contributed by atoms with Gasteiger partial charge in [0.2, 0.25) is 0 Å². The van der Waals surface area contributed by atoms with Crippen LogP contribution in [0.25, 0.3) is 0 Å². The van der Waals surface area contributed by atoms with Crippen LogP contribution < -0.4 is 10.6 Å². The zero-order valence-electron chi connectivity index (χ0n) is 17.3. The third-order valence-electron chi connectivity index (χ3n) is 4.89. The maximum atomic E-state index is 12.0. The summed E-state index contributed by atoms with van der Waals surface area (Å²) in [5.74, 6) is 0. The van der Waals surface area contributed by atoms with Crippen molar-refractivity contribution < 1.29 is 19.1 Å². The van der Waals surface area contributed by atoms with Gasteiger partial charge in [0.05, 0.1) is 13.2 Å². The molecule has 1 aliphatic rings. The van der Waals surface area contributed by atoms with Gasteiger partial charge >= 0.3 is 12.2 Å². The van der Waals surface area contributed by atoms with Crippen molar-refractivity contribution in [1.29, 1.82) is 0 Å². The number of ether oxygens (including phenoxy) is 2. The topological polar surface area (TPSA) is 76.7 Å². The molecule has 0 saturated heterocycles. The molecule has 0 aromatic carbocycles. The maximum Gasteiger partial charge on any atom is 0.407 e. The lowest BCUT2D eigenvalue weighted by atomic mass is 9.62. The SMILES string of the molecule is CCCCOC(=O)NCC1(C)CC(NC(=O)OCCCC)CC(C)(C)C1. The number of carbonyl (C=O) groups is 2. The summed E-state index contributed by atoms with van der Waals surface area (Å²) >= 11 is 0. The zero-order chi connectivity index (χ0) is 19.6. The van der Waals surface area contributed by atoms with Crippen LogP contribution in [-0.4, -0.2) is 38.0 Å². The van der Waals surface area contributed by atoms with E-state index < -0.39 is 0 Å². The number of amides is 2. The highest BCUT2D eigenvalue weighted by atomic mass is 16.6. The third-order valence-corrected chi connectivity index (χ3v) is 4.89. The van der Waals surface area contributed by atoms with E-state index in [0.29, 0.717) is 19.8 Å². The minimum Gasteiger partial charge on any atom is -0.450 e. The number of rotatable bonds is 9. The van der Waals surface area contributed by atoms with Gasteiger partial charge < -0.3 is 20.1 Å². The Labute approximate surface area is 158 Å². The summed E-state index contributed by atoms with van der Waals surface area (Å²) < 4.78 is 10.4. The molecule has 2 unspecified atom stereocenters. The van der Waals surface area contributed by atoms with Gasteiger partial charge in [0.1, 0.15) is 0 Å². The molecule has 1 saturated carbocycles. The number of nitrogens with one attached hydrogen (secondary N) is 2. The Morgan fingerprint density at radius 3 is 2.12 bits per heavy atom. The van der Waals surface area contributed by atoms with Gasteiger partial charge in [0.25, 0.3) is 0 Å². The summed E-state index contributed by atoms with van der Waals surface area (Å²) in [6, 6.07) is 0.0517. The Hall–Kier alpha value is -1.46. The van der Waals surface area contributed by atoms with Crippen LogP contribution in [0.3, 0.4) is 0 Å². The first-order valence-electron chi connectivity index (χ1n) is 10.0. The summed E-state index contributed by atoms with van der Waals surface area (Å²) in [5, 5.41) is 5.91. The number of unbranched alkanes of at least 4 members (excludes halogenated alkanes) is 2. The first-order valence-corrected chi connectivity index (χ1v) is 10.0. The summed E-state index contributed by atoms with van der Waals surface area (Å²) in [6.45, 7) is 12.2. The number of hydrogen-bond acceptors (Lipinski definition) is 4. The second-order valence-corrected chi connectivity index (χ2v) is 8.73. The van der Waals surface area contributed by atoms with Gasteiger partial charge in [-0.25, -0.2) is 9.59 Å². The quantitative estimate of drug-likeness (QED) is 0.580. The van der Waals surface area contributed by atoms with Crippen molar-refractivity contribution in [3.05, 3.63) is 0 Å². The Bertz CT molecular complexity index is 453. The van der Waals surface area contributed by atoms with Gasteiger partial charge in [-0.05, 0) is 42.9 Å². The molecule has 152 valence electrons. The van der Waals surface area contributed by atoms with Crippen LogP contribution in [0, 0.1) is 10.8 Å². The number of alkyl carbamates (subject to hydrolysis) is 2. The molecule has 6 nitrogen and oxygen atoms in total. The highest BCUT2D eigenvalue weighted by Gasteiger charge is 2.42. The smallest absolute Gasteiger partial charge is 0.407 e. The first-order chi connectivity index (χ1) is 12.2. The summed E-state index contributed by atoms with van der Waals surface area (Å²) in [5.41, 5.74) is -0.00491. The Balaban J connectivity index is 2.53. The van der Waals surface area contributed by atoms with Crippen LogP contribution >= 0.6 is 0 Å². The normalized spacial score (nSPS) is 24.6. The lowest BCUT2D eigenvalue weighted by molar-refractivity contribution is 0.0622. The Morgan fingerprint density at radius 2 is 1.54 bits per heavy atom. The van der Waals surface area contributed by atoms with Crippen molar-refractivity contribution in [3.8, 4) is 0 Å². The minimum atomic E-state index is -0.355. The van der Waals surface area contributed by atoms with Crippen LogP contribution in [-0.2, 0) is 9.47 Å². The molecule has 0 heterocycles. The standard InChI is InChI=1S/C20H38N2O4/c1-6-8-10-25-17(23)21-15-20(5)13-16(12-19(3,4)14-20)22-18(24)26-11-9-7-2/h16H,6-15H2,1-5H3,(H,21,23)(H,22,24). The first kappa shape index (κ1) is 22.6. The van der Waals surface area contributed by atoms with Crippen molar-refractivity contribution in [2.24, 2.45) is 10.8 Å². The minimum absolute atomic E-state index is 0.0517. The fraction of sp³-hybridized carbons (Fsp3) is 0.900. The molecule has 6 heteroatoms. The number of carbonyl (C=O) groups excluding carboxylic acids is 2. The molecule has 0 aromatic heterocycles. The fourth-order valence-electron chi connectivity index (χ4n) is 4.03. The van der Waals surface area contributed by atoms with Crippen LogP contribution in [0.5, 0.6) is 0 Å². The molecule has 1 aliphatic carbocycles. The van der Waals surface area contributed by atoms with E-state index in [1.54, 1.807) is 0 Å². The van der Waals surface area contributed by atoms with E-state index in [2.05, 4.69) is 45.3 Å². The molecule has 2 amide bonds. The predicted octanol–water partition coefficient (Wildman–Crippen LogP) is 4.62. The molecule has 2 N–H and O–H groups in total. The molecular weight excluding hydrogens is 332 g/mol. The van der Waals surface area contributed by atoms with Crippen LogP contribution in [0.4, 0.5) is 9.59 Å². The monoisotopic (exact) mass is 370 g/mol. The van der Waals surface area contributed by atoms with E-state index in [-0.39, 0.29) is 29.1 Å². The molecule has 1 rings (SSSR count). The largest absolute Gasteiger partial charge is 0.450 e. The zero-order valence-corrected chi connectivity index (χ0v) is 17.3. The van der Waals surface area contributed by atoms with Crippen LogP contribution in [0.1, 0.15) is 79.6 Å². The van der Waals surface area contributed by atoms with E-state index in [0.717, 1.165) is 44.9 Å². The summed E-state index contributed by atoms with van der Waals surface area (Å²) in [7, 11) is 0. The molecule has 0 spiro atoms. The molecule has 0 aliphatic heterocycles. The Kier molecular flexibility index (Phi) is 9.23. The van der Waals surface area contributed by atoms with Gasteiger partial charge in [-0.15, -0.1) is 0 Å². The van der Waals surface area contributed by atoms with Crippen molar-refractivity contribution in [1.82, 2.24) is 10.6 Å². The van der Waals surface area contributed by atoms with E-state index in [4.69, 9.17) is 9.47 Å². The molecular formula is C20H38N2O4. The van der Waals surface area contributed by atoms with Gasteiger partial charge in [-0.1, -0.05) is 47.5 Å². The molecule has 1 fully saturated rings. The summed E-state index contributed by atoms with van der Waals surface area (Å²) in [4.78, 5) is 23.8. The lowest BCUT2D eigenvalue weighted by Gasteiger charge is -2.46. The Morgan fingerprint density at radius 1 is 0.962 bits per heavy atom. The average Bonchev–Trinajstić information content (AvgIpc) is 2.51. The maximum absolute atomic E-state index is 12.0. The predicted molar refractivity (Wildman–Crippen MR) is 103 cm³/mol. The molecule has 2 atom stereocenters. The van der Waals surface area contributed by atoms with E-state index in [1.165, 1.54) is 0 Å². The highest BCUT2D eigenvalue weighted by molar-refractivity contribution is 5.68. The van der Waals surface area contributed by atoms with Gasteiger partial charge in [-0.3, -0.25) is 0 Å². The second kappa shape index (κ2) is 10.6. The second-order valence-electron chi connectivity index (χ2n) is 8.73. The third kappa shape index (κ3) is 8.77. The highest BCUT2D eigenvalue weighted by Crippen LogP contribution is 2.45. The average molecular weight is 371 g/mol. The molecule has 0 aromatic rings. The van der Waals surface area contributed by atoms with Crippen LogP contribution in [0.2, 0.25) is 0 Å². The van der Waals surface area contributed by atoms with E-state index in [1.807, 2.05) is 0 Å². The van der Waals surface area contributed by atoms with Crippen molar-refractivity contribution >= 4 is 12.2 Å². The molecule has 26 heavy (non-hydrogen) atoms. The number of hydrogen-bond donors (Lipinski definition) is 2. The summed E-state index contributed by atoms with van der Waals surface area (Å²) in [6.07, 6.45) is 5.78. The molecule has 0 radical (unpaired) electrons. The van der Waals surface area contributed by atoms with Crippen LogP contribution in [0.15, 0.2) is 0 Å². The van der Waals surface area contributed by atoms with Gasteiger partial charge in [-0.2, -0.15) is 0 Å². The van der Waals surface area contributed by atoms with Gasteiger partial charge in [0, 0.05) is 12.6 Å². The van der Waals surface area contributed by atoms with E-state index in [9.17, 15) is 9.59 Å². The van der Waals surface area contributed by atoms with Crippen molar-refractivity contribution in [2.75, 3.05) is 19.8 Å². The molecule has 0 bridgehead atoms. The van der Waals surface area contributed by atoms with Crippen molar-refractivity contribution in [2.45, 2.75) is 85.6 Å². The fourth-order valence-corrected chi connectivity index (χ4v) is 4.03.